The van der Waals surface area contributed by atoms with E-state index in [0.29, 0.717) is 11.3 Å². The van der Waals surface area contributed by atoms with E-state index in [1.807, 2.05) is 0 Å². The summed E-state index contributed by atoms with van der Waals surface area (Å²) in [6.45, 7) is 1.43. The highest BCUT2D eigenvalue weighted by Crippen LogP contribution is 2.29. The second-order valence-electron chi connectivity index (χ2n) is 4.12. The molecule has 2 aromatic rings. The van der Waals surface area contributed by atoms with Crippen molar-refractivity contribution in [1.29, 1.82) is 0 Å². The van der Waals surface area contributed by atoms with E-state index < -0.39 is 16.4 Å². The molecule has 0 spiro atoms. The number of aliphatic hydroxyl groups excluding tert-OH is 1. The van der Waals surface area contributed by atoms with Crippen molar-refractivity contribution < 1.29 is 19.2 Å². The molecule has 1 heterocycles. The van der Waals surface area contributed by atoms with E-state index in [1.165, 1.54) is 10.7 Å². The van der Waals surface area contributed by atoms with Gasteiger partial charge >= 0.3 is 5.69 Å². The van der Waals surface area contributed by atoms with Gasteiger partial charge in [0.1, 0.15) is 5.75 Å². The van der Waals surface area contributed by atoms with Crippen LogP contribution in [0.25, 0.3) is 0 Å². The number of nitrogens with zero attached hydrogens (tertiary/aromatic N) is 3. The summed E-state index contributed by atoms with van der Waals surface area (Å²) in [4.78, 5) is 9.71. The minimum Gasteiger partial charge on any atom is -0.439 e. The molecule has 0 aliphatic carbocycles. The van der Waals surface area contributed by atoms with Crippen LogP contribution in [-0.4, -0.2) is 19.8 Å². The van der Waals surface area contributed by atoms with Gasteiger partial charge in [-0.3, -0.25) is 10.1 Å². The first-order chi connectivity index (χ1) is 9.43. The van der Waals surface area contributed by atoms with Crippen molar-refractivity contribution in [3.63, 3.8) is 0 Å². The smallest absolute Gasteiger partial charge is 0.305 e. The molecule has 8 heteroatoms. The monoisotopic (exact) mass is 281 g/mol. The number of halogens is 1. The number of benzene rings is 1. The Kier molecular flexibility index (Phi) is 3.66. The van der Waals surface area contributed by atoms with Crippen molar-refractivity contribution in [2.24, 2.45) is 7.05 Å². The van der Waals surface area contributed by atoms with E-state index in [9.17, 15) is 19.6 Å². The SMILES string of the molecule is Cc1nn(C)c(Oc2ccc([N+](=O)[O-])c(F)c2)c1CO. The summed E-state index contributed by atoms with van der Waals surface area (Å²) < 4.78 is 20.3. The Morgan fingerprint density at radius 2 is 2.25 bits per heavy atom. The first kappa shape index (κ1) is 13.9. The Balaban J connectivity index is 2.36. The first-order valence-electron chi connectivity index (χ1n) is 5.69. The predicted molar refractivity (Wildman–Crippen MR) is 67.0 cm³/mol. The van der Waals surface area contributed by atoms with Crippen LogP contribution < -0.4 is 4.74 Å². The highest BCUT2D eigenvalue weighted by atomic mass is 19.1. The topological polar surface area (TPSA) is 90.4 Å². The van der Waals surface area contributed by atoms with Crippen molar-refractivity contribution in [3.05, 3.63) is 45.4 Å². The van der Waals surface area contributed by atoms with Crippen LogP contribution in [0.5, 0.6) is 11.6 Å². The molecule has 0 fully saturated rings. The van der Waals surface area contributed by atoms with Gasteiger partial charge in [0, 0.05) is 19.2 Å². The Bertz CT molecular complexity index is 669. The molecule has 0 atom stereocenters. The number of aliphatic hydroxyl groups is 1. The van der Waals surface area contributed by atoms with Crippen molar-refractivity contribution in [2.75, 3.05) is 0 Å². The molecule has 106 valence electrons. The second kappa shape index (κ2) is 5.25. The maximum absolute atomic E-state index is 13.5. The largest absolute Gasteiger partial charge is 0.439 e. The lowest BCUT2D eigenvalue weighted by atomic mass is 10.2. The van der Waals surface area contributed by atoms with E-state index >= 15 is 0 Å². The van der Waals surface area contributed by atoms with Gasteiger partial charge in [0.25, 0.3) is 0 Å². The standard InChI is InChI=1S/C12H12FN3O4/c1-7-9(6-17)12(15(2)14-7)20-8-3-4-11(16(18)19)10(13)5-8/h3-5,17H,6H2,1-2H3. The van der Waals surface area contributed by atoms with Crippen LogP contribution in [0.1, 0.15) is 11.3 Å². The minimum atomic E-state index is -0.989. The lowest BCUT2D eigenvalue weighted by molar-refractivity contribution is -0.387. The quantitative estimate of drug-likeness (QED) is 0.684. The van der Waals surface area contributed by atoms with Crippen molar-refractivity contribution >= 4 is 5.69 Å². The van der Waals surface area contributed by atoms with Crippen molar-refractivity contribution in [1.82, 2.24) is 9.78 Å². The normalized spacial score (nSPS) is 10.6. The fourth-order valence-electron chi connectivity index (χ4n) is 1.80. The molecule has 1 N–H and O–H groups in total. The van der Waals surface area contributed by atoms with Crippen molar-refractivity contribution in [3.8, 4) is 11.6 Å². The van der Waals surface area contributed by atoms with Crippen molar-refractivity contribution in [2.45, 2.75) is 13.5 Å². The summed E-state index contributed by atoms with van der Waals surface area (Å²) in [6, 6.07) is 3.22. The summed E-state index contributed by atoms with van der Waals surface area (Å²) in [7, 11) is 1.61. The minimum absolute atomic E-state index is 0.0887. The van der Waals surface area contributed by atoms with Gasteiger partial charge in [-0.2, -0.15) is 9.49 Å². The lowest BCUT2D eigenvalue weighted by Gasteiger charge is -2.07. The second-order valence-corrected chi connectivity index (χ2v) is 4.12. The third-order valence-electron chi connectivity index (χ3n) is 2.78. The van der Waals surface area contributed by atoms with Crippen LogP contribution in [0.15, 0.2) is 18.2 Å². The van der Waals surface area contributed by atoms with Crippen LogP contribution in [0, 0.1) is 22.9 Å². The van der Waals surface area contributed by atoms with Crippen LogP contribution in [0.2, 0.25) is 0 Å². The van der Waals surface area contributed by atoms with E-state index in [1.54, 1.807) is 14.0 Å². The predicted octanol–water partition coefficient (Wildman–Crippen LogP) is 2.06. The first-order valence-corrected chi connectivity index (χ1v) is 5.69. The molecular formula is C12H12FN3O4. The van der Waals surface area contributed by atoms with Crippen LogP contribution in [0.4, 0.5) is 10.1 Å². The number of nitro benzene ring substituents is 1. The number of ether oxygens (including phenoxy) is 1. The van der Waals surface area contributed by atoms with E-state index in [2.05, 4.69) is 5.10 Å². The molecule has 20 heavy (non-hydrogen) atoms. The van der Waals surface area contributed by atoms with Gasteiger partial charge in [0.2, 0.25) is 11.7 Å². The fraction of sp³-hybridized carbons (Fsp3) is 0.250. The molecule has 0 saturated heterocycles. The molecule has 0 unspecified atom stereocenters. The molecule has 1 aromatic carbocycles. The Morgan fingerprint density at radius 1 is 1.55 bits per heavy atom. The average Bonchev–Trinajstić information content (AvgIpc) is 2.63. The third-order valence-corrected chi connectivity index (χ3v) is 2.78. The molecule has 2 rings (SSSR count). The zero-order valence-corrected chi connectivity index (χ0v) is 10.8. The Morgan fingerprint density at radius 3 is 2.80 bits per heavy atom. The van der Waals surface area contributed by atoms with Gasteiger partial charge < -0.3 is 9.84 Å². The summed E-state index contributed by atoms with van der Waals surface area (Å²) >= 11 is 0. The molecule has 0 bridgehead atoms. The highest BCUT2D eigenvalue weighted by molar-refractivity contribution is 5.41. The van der Waals surface area contributed by atoms with Gasteiger partial charge in [0.05, 0.1) is 22.8 Å². The summed E-state index contributed by atoms with van der Waals surface area (Å²) in [6.07, 6.45) is 0. The molecule has 0 aliphatic rings. The van der Waals surface area contributed by atoms with Gasteiger partial charge in [-0.05, 0) is 13.0 Å². The molecule has 0 amide bonds. The summed E-state index contributed by atoms with van der Waals surface area (Å²) in [5, 5.41) is 23.9. The lowest BCUT2D eigenvalue weighted by Crippen LogP contribution is -1.98. The molecular weight excluding hydrogens is 269 g/mol. The van der Waals surface area contributed by atoms with E-state index in [4.69, 9.17) is 4.74 Å². The van der Waals surface area contributed by atoms with Gasteiger partial charge in [-0.1, -0.05) is 0 Å². The Labute approximate surface area is 113 Å². The third kappa shape index (κ3) is 2.45. The number of hydrogen-bond donors (Lipinski definition) is 1. The number of nitro groups is 1. The number of rotatable bonds is 4. The van der Waals surface area contributed by atoms with Crippen LogP contribution in [0.3, 0.4) is 0 Å². The maximum atomic E-state index is 13.5. The van der Waals surface area contributed by atoms with Gasteiger partial charge in [-0.15, -0.1) is 0 Å². The average molecular weight is 281 g/mol. The van der Waals surface area contributed by atoms with E-state index in [0.717, 1.165) is 12.1 Å². The number of aryl methyl sites for hydroxylation is 2. The van der Waals surface area contributed by atoms with Crippen LogP contribution in [-0.2, 0) is 13.7 Å². The van der Waals surface area contributed by atoms with Gasteiger partial charge in [0.15, 0.2) is 0 Å². The fourth-order valence-corrected chi connectivity index (χ4v) is 1.80. The number of hydrogen-bond acceptors (Lipinski definition) is 5. The molecule has 0 radical (unpaired) electrons. The van der Waals surface area contributed by atoms with Crippen LogP contribution >= 0.6 is 0 Å². The molecule has 7 nitrogen and oxygen atoms in total. The highest BCUT2D eigenvalue weighted by Gasteiger charge is 2.18. The molecule has 1 aromatic heterocycles. The Hall–Kier alpha value is -2.48. The van der Waals surface area contributed by atoms with Gasteiger partial charge in [-0.25, -0.2) is 4.68 Å². The summed E-state index contributed by atoms with van der Waals surface area (Å²) in [5.41, 5.74) is 0.444. The zero-order valence-electron chi connectivity index (χ0n) is 10.8. The maximum Gasteiger partial charge on any atom is 0.305 e. The molecule has 0 aliphatic heterocycles. The summed E-state index contributed by atoms with van der Waals surface area (Å²) in [5.74, 6) is -0.638. The number of aromatic nitrogens is 2. The zero-order chi connectivity index (χ0) is 14.9. The van der Waals surface area contributed by atoms with E-state index in [-0.39, 0.29) is 18.2 Å². The molecule has 0 saturated carbocycles.